The number of nitrogens with zero attached hydrogens (tertiary/aromatic N) is 2. The smallest absolute Gasteiger partial charge is 0.251 e. The van der Waals surface area contributed by atoms with Crippen LogP contribution in [0.2, 0.25) is 0 Å². The molecule has 0 saturated heterocycles. The van der Waals surface area contributed by atoms with Crippen LogP contribution in [0.4, 0.5) is 10.8 Å². The lowest BCUT2D eigenvalue weighted by atomic mass is 10.1. The van der Waals surface area contributed by atoms with Crippen molar-refractivity contribution in [2.75, 3.05) is 5.32 Å². The van der Waals surface area contributed by atoms with E-state index in [9.17, 15) is 9.59 Å². The lowest BCUT2D eigenvalue weighted by Gasteiger charge is -2.04. The average Bonchev–Trinajstić information content (AvgIpc) is 3.08. The van der Waals surface area contributed by atoms with Gasteiger partial charge in [-0.1, -0.05) is 0 Å². The van der Waals surface area contributed by atoms with Crippen LogP contribution in [-0.4, -0.2) is 21.7 Å². The van der Waals surface area contributed by atoms with Gasteiger partial charge in [0.1, 0.15) is 0 Å². The maximum Gasteiger partial charge on any atom is 0.251 e. The third kappa shape index (κ3) is 4.48. The van der Waals surface area contributed by atoms with Crippen molar-refractivity contribution in [2.45, 2.75) is 13.5 Å². The van der Waals surface area contributed by atoms with Crippen LogP contribution < -0.4 is 10.6 Å². The Morgan fingerprint density at radius 2 is 1.76 bits per heavy atom. The summed E-state index contributed by atoms with van der Waals surface area (Å²) in [7, 11) is 0. The van der Waals surface area contributed by atoms with Crippen LogP contribution in [0.5, 0.6) is 0 Å². The number of hydrogen-bond acceptors (Lipinski definition) is 6. The zero-order valence-electron chi connectivity index (χ0n) is 13.5. The molecule has 25 heavy (non-hydrogen) atoms. The first-order valence-corrected chi connectivity index (χ1v) is 8.50. The molecule has 1 aromatic carbocycles. The van der Waals surface area contributed by atoms with Gasteiger partial charge in [-0.05, 0) is 43.3 Å². The van der Waals surface area contributed by atoms with E-state index in [1.54, 1.807) is 36.7 Å². The summed E-state index contributed by atoms with van der Waals surface area (Å²) in [5.41, 5.74) is 2.86. The van der Waals surface area contributed by atoms with Gasteiger partial charge in [0.15, 0.2) is 10.9 Å². The molecule has 3 aromatic rings. The topological polar surface area (TPSA) is 84.0 Å². The highest BCUT2D eigenvalue weighted by atomic mass is 32.1. The van der Waals surface area contributed by atoms with E-state index >= 15 is 0 Å². The fourth-order valence-corrected chi connectivity index (χ4v) is 2.86. The van der Waals surface area contributed by atoms with Crippen molar-refractivity contribution in [3.63, 3.8) is 0 Å². The predicted octanol–water partition coefficient (Wildman–Crippen LogP) is 3.41. The minimum atomic E-state index is -0.162. The van der Waals surface area contributed by atoms with Gasteiger partial charge in [0.05, 0.1) is 12.2 Å². The van der Waals surface area contributed by atoms with Gasteiger partial charge >= 0.3 is 0 Å². The van der Waals surface area contributed by atoms with E-state index < -0.39 is 0 Å². The molecule has 6 nitrogen and oxygen atoms in total. The maximum absolute atomic E-state index is 12.0. The van der Waals surface area contributed by atoms with Crippen LogP contribution in [0.1, 0.15) is 33.3 Å². The number of anilines is 2. The van der Waals surface area contributed by atoms with Crippen LogP contribution in [0.15, 0.2) is 54.2 Å². The van der Waals surface area contributed by atoms with E-state index in [2.05, 4.69) is 20.6 Å². The van der Waals surface area contributed by atoms with Gasteiger partial charge in [-0.2, -0.15) is 0 Å². The number of Topliss-reactive ketones (excluding diaryl/α,β-unsaturated/α-hetero) is 1. The number of rotatable bonds is 6. The van der Waals surface area contributed by atoms with Crippen molar-refractivity contribution in [1.29, 1.82) is 0 Å². The highest BCUT2D eigenvalue weighted by molar-refractivity contribution is 7.13. The normalized spacial score (nSPS) is 10.3. The zero-order chi connectivity index (χ0) is 17.6. The van der Waals surface area contributed by atoms with E-state index in [0.717, 1.165) is 16.5 Å². The Balaban J connectivity index is 1.57. The van der Waals surface area contributed by atoms with Crippen molar-refractivity contribution >= 4 is 33.8 Å². The summed E-state index contributed by atoms with van der Waals surface area (Å²) in [5, 5.41) is 8.62. The summed E-state index contributed by atoms with van der Waals surface area (Å²) in [6, 6.07) is 10.5. The Bertz CT molecular complexity index is 876. The lowest BCUT2D eigenvalue weighted by molar-refractivity contribution is 0.0949. The summed E-state index contributed by atoms with van der Waals surface area (Å²) >= 11 is 1.45. The van der Waals surface area contributed by atoms with Crippen LogP contribution in [0.25, 0.3) is 0 Å². The number of ketones is 1. The number of carbonyl (C=O) groups excluding carboxylic acids is 2. The highest BCUT2D eigenvalue weighted by Gasteiger charge is 2.07. The van der Waals surface area contributed by atoms with Gasteiger partial charge in [-0.25, -0.2) is 4.98 Å². The third-order valence-electron chi connectivity index (χ3n) is 3.47. The van der Waals surface area contributed by atoms with Crippen molar-refractivity contribution in [3.05, 3.63) is 71.0 Å². The predicted molar refractivity (Wildman–Crippen MR) is 97.3 cm³/mol. The monoisotopic (exact) mass is 352 g/mol. The molecule has 0 aliphatic heterocycles. The molecular weight excluding hydrogens is 336 g/mol. The SMILES string of the molecule is CC(=O)c1ccc(Nc2nc(CNC(=O)c3ccncc3)cs2)cc1. The first-order chi connectivity index (χ1) is 12.1. The molecule has 7 heteroatoms. The number of amides is 1. The summed E-state index contributed by atoms with van der Waals surface area (Å²) < 4.78 is 0. The van der Waals surface area contributed by atoms with E-state index in [-0.39, 0.29) is 11.7 Å². The minimum Gasteiger partial charge on any atom is -0.346 e. The van der Waals surface area contributed by atoms with E-state index in [1.165, 1.54) is 18.3 Å². The summed E-state index contributed by atoms with van der Waals surface area (Å²) in [6.07, 6.45) is 3.16. The molecule has 0 aliphatic rings. The van der Waals surface area contributed by atoms with Gasteiger partial charge in [0, 0.05) is 34.6 Å². The van der Waals surface area contributed by atoms with Gasteiger partial charge < -0.3 is 10.6 Å². The van der Waals surface area contributed by atoms with Crippen molar-refractivity contribution in [1.82, 2.24) is 15.3 Å². The van der Waals surface area contributed by atoms with Crippen LogP contribution in [0, 0.1) is 0 Å². The molecule has 0 radical (unpaired) electrons. The molecule has 2 N–H and O–H groups in total. The molecular formula is C18H16N4O2S. The number of nitrogens with one attached hydrogen (secondary N) is 2. The number of thiazole rings is 1. The number of benzene rings is 1. The number of hydrogen-bond donors (Lipinski definition) is 2. The summed E-state index contributed by atoms with van der Waals surface area (Å²) in [4.78, 5) is 31.6. The molecule has 0 aliphatic carbocycles. The molecule has 0 atom stereocenters. The molecule has 1 amide bonds. The second-order valence-corrected chi connectivity index (χ2v) is 6.18. The number of pyridine rings is 1. The van der Waals surface area contributed by atoms with Crippen LogP contribution in [-0.2, 0) is 6.54 Å². The Labute approximate surface area is 149 Å². The highest BCUT2D eigenvalue weighted by Crippen LogP contribution is 2.21. The van der Waals surface area contributed by atoms with Gasteiger partial charge in [0.25, 0.3) is 5.91 Å². The fourth-order valence-electron chi connectivity index (χ4n) is 2.13. The summed E-state index contributed by atoms with van der Waals surface area (Å²) in [5.74, 6) is -0.127. The Morgan fingerprint density at radius 1 is 1.04 bits per heavy atom. The van der Waals surface area contributed by atoms with Crippen LogP contribution in [0.3, 0.4) is 0 Å². The first kappa shape index (κ1) is 16.8. The molecule has 3 rings (SSSR count). The molecule has 0 fully saturated rings. The molecule has 0 saturated carbocycles. The zero-order valence-corrected chi connectivity index (χ0v) is 14.3. The van der Waals surface area contributed by atoms with Crippen molar-refractivity contribution in [3.8, 4) is 0 Å². The minimum absolute atomic E-state index is 0.0352. The molecule has 0 unspecified atom stereocenters. The lowest BCUT2D eigenvalue weighted by Crippen LogP contribution is -2.22. The van der Waals surface area contributed by atoms with Gasteiger partial charge in [-0.15, -0.1) is 11.3 Å². The van der Waals surface area contributed by atoms with E-state index in [4.69, 9.17) is 0 Å². The fraction of sp³-hybridized carbons (Fsp3) is 0.111. The molecule has 0 bridgehead atoms. The molecule has 0 spiro atoms. The van der Waals surface area contributed by atoms with Crippen molar-refractivity contribution in [2.24, 2.45) is 0 Å². The maximum atomic E-state index is 12.0. The van der Waals surface area contributed by atoms with Gasteiger partial charge in [-0.3, -0.25) is 14.6 Å². The molecule has 2 heterocycles. The Kier molecular flexibility index (Phi) is 5.15. The van der Waals surface area contributed by atoms with E-state index in [1.807, 2.05) is 17.5 Å². The number of carbonyl (C=O) groups is 2. The largest absolute Gasteiger partial charge is 0.346 e. The average molecular weight is 352 g/mol. The third-order valence-corrected chi connectivity index (χ3v) is 4.27. The van der Waals surface area contributed by atoms with Gasteiger partial charge in [0.2, 0.25) is 0 Å². The molecule has 126 valence electrons. The second-order valence-electron chi connectivity index (χ2n) is 5.32. The number of aromatic nitrogens is 2. The van der Waals surface area contributed by atoms with Crippen LogP contribution >= 0.6 is 11.3 Å². The standard InChI is InChI=1S/C18H16N4O2S/c1-12(23)13-2-4-15(5-3-13)21-18-22-16(11-25-18)10-20-17(24)14-6-8-19-9-7-14/h2-9,11H,10H2,1H3,(H,20,24)(H,21,22). The Morgan fingerprint density at radius 3 is 2.44 bits per heavy atom. The summed E-state index contributed by atoms with van der Waals surface area (Å²) in [6.45, 7) is 1.89. The van der Waals surface area contributed by atoms with Crippen molar-refractivity contribution < 1.29 is 9.59 Å². The molecule has 2 aromatic heterocycles. The van der Waals surface area contributed by atoms with E-state index in [0.29, 0.717) is 17.7 Å². The quantitative estimate of drug-likeness (QED) is 0.664. The second kappa shape index (κ2) is 7.67. The first-order valence-electron chi connectivity index (χ1n) is 7.62. The Hall–Kier alpha value is -3.06.